The number of amidine groups is 1. The van der Waals surface area contributed by atoms with Crippen molar-refractivity contribution in [2.45, 2.75) is 0 Å². The van der Waals surface area contributed by atoms with Crippen molar-refractivity contribution in [2.75, 3.05) is 59.5 Å². The maximum Gasteiger partial charge on any atom is 0.286 e. The van der Waals surface area contributed by atoms with E-state index in [2.05, 4.69) is 26.9 Å². The van der Waals surface area contributed by atoms with E-state index >= 15 is 0 Å². The van der Waals surface area contributed by atoms with E-state index in [1.54, 1.807) is 28.4 Å². The maximum absolute atomic E-state index is 12.6. The lowest BCUT2D eigenvalue weighted by atomic mass is 10.1. The molecule has 0 aliphatic carbocycles. The van der Waals surface area contributed by atoms with Crippen LogP contribution in [0.1, 0.15) is 5.56 Å². The molecular weight excluding hydrogens is 442 g/mol. The predicted octanol–water partition coefficient (Wildman–Crippen LogP) is 3.51. The summed E-state index contributed by atoms with van der Waals surface area (Å²) in [5.41, 5.74) is 1.94. The average Bonchev–Trinajstić information content (AvgIpc) is 3.23. The summed E-state index contributed by atoms with van der Waals surface area (Å²) in [4.78, 5) is 22.0. The Morgan fingerprint density at radius 2 is 1.45 bits per heavy atom. The van der Waals surface area contributed by atoms with Gasteiger partial charge in [-0.15, -0.1) is 0 Å². The van der Waals surface area contributed by atoms with Crippen LogP contribution in [0.25, 0.3) is 6.08 Å². The Morgan fingerprint density at radius 3 is 2.00 bits per heavy atom. The molecule has 1 fully saturated rings. The molecule has 0 bridgehead atoms. The molecule has 2 aliphatic heterocycles. The molecule has 2 aromatic rings. The van der Waals surface area contributed by atoms with Gasteiger partial charge in [-0.1, -0.05) is 0 Å². The van der Waals surface area contributed by atoms with Gasteiger partial charge in [0.1, 0.15) is 5.75 Å². The third kappa shape index (κ3) is 4.88. The lowest BCUT2D eigenvalue weighted by Gasteiger charge is -2.36. The monoisotopic (exact) mass is 469 g/mol. The highest BCUT2D eigenvalue weighted by atomic mass is 32.2. The normalized spacial score (nSPS) is 17.3. The molecule has 0 spiro atoms. The minimum Gasteiger partial charge on any atom is -0.497 e. The standard InChI is InChI=1S/C24H27N3O5S/c1-29-18-7-5-17(6-8-18)26-9-11-27(12-10-26)24-25-23(28)21(33-24)15-16-13-19(30-2)22(32-4)20(14-16)31-3/h5-8,13-15H,9-12H2,1-4H3/b21-15-. The Labute approximate surface area is 197 Å². The molecule has 0 radical (unpaired) electrons. The number of rotatable bonds is 6. The third-order valence-corrected chi connectivity index (χ3v) is 6.63. The highest BCUT2D eigenvalue weighted by Gasteiger charge is 2.29. The summed E-state index contributed by atoms with van der Waals surface area (Å²) in [5, 5.41) is 0.744. The molecule has 0 aromatic heterocycles. The first-order valence-electron chi connectivity index (χ1n) is 10.5. The van der Waals surface area contributed by atoms with E-state index < -0.39 is 0 Å². The summed E-state index contributed by atoms with van der Waals surface area (Å²) in [6.45, 7) is 3.29. The number of methoxy groups -OCH3 is 4. The molecule has 2 aliphatic rings. The van der Waals surface area contributed by atoms with Crippen LogP contribution in [0, 0.1) is 0 Å². The topological polar surface area (TPSA) is 72.8 Å². The number of hydrogen-bond donors (Lipinski definition) is 0. The highest BCUT2D eigenvalue weighted by Crippen LogP contribution is 2.40. The summed E-state index contributed by atoms with van der Waals surface area (Å²) < 4.78 is 21.4. The fraction of sp³-hybridized carbons (Fsp3) is 0.333. The predicted molar refractivity (Wildman–Crippen MR) is 131 cm³/mol. The minimum absolute atomic E-state index is 0.235. The minimum atomic E-state index is -0.235. The molecule has 2 aromatic carbocycles. The zero-order chi connectivity index (χ0) is 23.4. The van der Waals surface area contributed by atoms with Crippen molar-refractivity contribution in [3.05, 3.63) is 46.9 Å². The molecule has 1 amide bonds. The molecule has 33 heavy (non-hydrogen) atoms. The molecule has 0 atom stereocenters. The number of piperazine rings is 1. The zero-order valence-corrected chi connectivity index (χ0v) is 20.0. The Morgan fingerprint density at radius 1 is 0.848 bits per heavy atom. The third-order valence-electron chi connectivity index (χ3n) is 5.58. The summed E-state index contributed by atoms with van der Waals surface area (Å²) in [6.07, 6.45) is 1.81. The number of amides is 1. The Balaban J connectivity index is 1.43. The van der Waals surface area contributed by atoms with Crippen LogP contribution in [-0.2, 0) is 4.79 Å². The molecule has 8 nitrogen and oxygen atoms in total. The van der Waals surface area contributed by atoms with Crippen LogP contribution in [0.15, 0.2) is 46.3 Å². The average molecular weight is 470 g/mol. The summed E-state index contributed by atoms with van der Waals surface area (Å²) in [5.74, 6) is 2.20. The first kappa shape index (κ1) is 22.8. The van der Waals surface area contributed by atoms with Gasteiger partial charge < -0.3 is 28.7 Å². The largest absolute Gasteiger partial charge is 0.497 e. The van der Waals surface area contributed by atoms with Gasteiger partial charge in [-0.2, -0.15) is 4.99 Å². The van der Waals surface area contributed by atoms with Gasteiger partial charge in [0.15, 0.2) is 16.7 Å². The second-order valence-corrected chi connectivity index (χ2v) is 8.45. The molecule has 174 valence electrons. The lowest BCUT2D eigenvalue weighted by Crippen LogP contribution is -2.47. The number of carbonyl (C=O) groups excluding carboxylic acids is 1. The Hall–Kier alpha value is -3.33. The fourth-order valence-corrected chi connectivity index (χ4v) is 4.78. The van der Waals surface area contributed by atoms with Crippen LogP contribution in [0.3, 0.4) is 0 Å². The fourth-order valence-electron chi connectivity index (χ4n) is 3.82. The molecule has 0 saturated carbocycles. The van der Waals surface area contributed by atoms with E-state index in [0.717, 1.165) is 48.3 Å². The molecular formula is C24H27N3O5S. The van der Waals surface area contributed by atoms with Crippen molar-refractivity contribution in [2.24, 2.45) is 4.99 Å². The van der Waals surface area contributed by atoms with Crippen LogP contribution in [-0.4, -0.2) is 70.6 Å². The molecule has 0 N–H and O–H groups in total. The van der Waals surface area contributed by atoms with E-state index in [9.17, 15) is 4.79 Å². The van der Waals surface area contributed by atoms with Crippen molar-refractivity contribution in [1.29, 1.82) is 0 Å². The van der Waals surface area contributed by atoms with Gasteiger partial charge in [0.05, 0.1) is 33.3 Å². The maximum atomic E-state index is 12.6. The quantitative estimate of drug-likeness (QED) is 0.595. The zero-order valence-electron chi connectivity index (χ0n) is 19.2. The van der Waals surface area contributed by atoms with Gasteiger partial charge in [0.2, 0.25) is 5.75 Å². The Bertz CT molecular complexity index is 1050. The van der Waals surface area contributed by atoms with E-state index in [1.807, 2.05) is 30.3 Å². The number of aliphatic imine (C=N–C) groups is 1. The van der Waals surface area contributed by atoms with Crippen molar-refractivity contribution in [1.82, 2.24) is 4.90 Å². The van der Waals surface area contributed by atoms with E-state index in [-0.39, 0.29) is 5.91 Å². The smallest absolute Gasteiger partial charge is 0.286 e. The van der Waals surface area contributed by atoms with Crippen LogP contribution < -0.4 is 23.8 Å². The van der Waals surface area contributed by atoms with Crippen molar-refractivity contribution in [3.63, 3.8) is 0 Å². The van der Waals surface area contributed by atoms with E-state index in [4.69, 9.17) is 18.9 Å². The van der Waals surface area contributed by atoms with Gasteiger partial charge in [-0.05, 0) is 59.8 Å². The second-order valence-electron chi connectivity index (χ2n) is 7.44. The van der Waals surface area contributed by atoms with Gasteiger partial charge in [0, 0.05) is 31.9 Å². The van der Waals surface area contributed by atoms with Gasteiger partial charge in [-0.3, -0.25) is 4.79 Å². The molecule has 9 heteroatoms. The van der Waals surface area contributed by atoms with Crippen LogP contribution in [0.5, 0.6) is 23.0 Å². The summed E-state index contributed by atoms with van der Waals surface area (Å²) in [6, 6.07) is 11.7. The lowest BCUT2D eigenvalue weighted by molar-refractivity contribution is -0.113. The molecule has 2 heterocycles. The van der Waals surface area contributed by atoms with Crippen LogP contribution in [0.4, 0.5) is 5.69 Å². The first-order valence-corrected chi connectivity index (χ1v) is 11.3. The number of ether oxygens (including phenoxy) is 4. The van der Waals surface area contributed by atoms with Crippen molar-refractivity contribution < 1.29 is 23.7 Å². The number of nitrogens with zero attached hydrogens (tertiary/aromatic N) is 3. The van der Waals surface area contributed by atoms with Gasteiger partial charge in [0.25, 0.3) is 5.91 Å². The van der Waals surface area contributed by atoms with E-state index in [1.165, 1.54) is 11.8 Å². The van der Waals surface area contributed by atoms with Gasteiger partial charge in [-0.25, -0.2) is 0 Å². The number of anilines is 1. The Kier molecular flexibility index (Phi) is 6.98. The summed E-state index contributed by atoms with van der Waals surface area (Å²) in [7, 11) is 6.36. The number of hydrogen-bond acceptors (Lipinski definition) is 8. The van der Waals surface area contributed by atoms with Crippen molar-refractivity contribution in [3.8, 4) is 23.0 Å². The molecule has 0 unspecified atom stereocenters. The van der Waals surface area contributed by atoms with Crippen LogP contribution in [0.2, 0.25) is 0 Å². The number of benzene rings is 2. The van der Waals surface area contributed by atoms with Gasteiger partial charge >= 0.3 is 0 Å². The van der Waals surface area contributed by atoms with Crippen molar-refractivity contribution >= 4 is 34.6 Å². The highest BCUT2D eigenvalue weighted by molar-refractivity contribution is 8.18. The van der Waals surface area contributed by atoms with E-state index in [0.29, 0.717) is 22.2 Å². The number of thioether (sulfide) groups is 1. The summed E-state index contributed by atoms with van der Waals surface area (Å²) >= 11 is 1.40. The van der Waals surface area contributed by atoms with Crippen LogP contribution >= 0.6 is 11.8 Å². The molecule has 4 rings (SSSR count). The number of carbonyl (C=O) groups is 1. The second kappa shape index (κ2) is 10.1. The SMILES string of the molecule is COc1ccc(N2CCN(C3=NC(=O)/C(=C/c4cc(OC)c(OC)c(OC)c4)S3)CC2)cc1. The first-order chi connectivity index (χ1) is 16.1. The molecule has 1 saturated heterocycles.